The molecule has 0 radical (unpaired) electrons. The van der Waals surface area contributed by atoms with Crippen LogP contribution in [0.1, 0.15) is 0 Å². The molecule has 0 rings (SSSR count). The molecule has 13 heavy (non-hydrogen) atoms. The molecule has 74 valence electrons. The van der Waals surface area contributed by atoms with Gasteiger partial charge in [-0.15, -0.1) is 0 Å². The summed E-state index contributed by atoms with van der Waals surface area (Å²) in [5.74, 6) is -0.621. The van der Waals surface area contributed by atoms with Crippen LogP contribution in [0.5, 0.6) is 0 Å². The van der Waals surface area contributed by atoms with Crippen LogP contribution in [0.15, 0.2) is 0 Å². The van der Waals surface area contributed by atoms with Gasteiger partial charge in [0.1, 0.15) is 6.61 Å². The van der Waals surface area contributed by atoms with Crippen molar-refractivity contribution < 1.29 is 17.9 Å². The van der Waals surface area contributed by atoms with Gasteiger partial charge in [-0.05, 0) is 0 Å². The molecule has 0 aliphatic rings. The van der Waals surface area contributed by atoms with E-state index in [0.717, 1.165) is 0 Å². The van der Waals surface area contributed by atoms with Gasteiger partial charge in [0, 0.05) is 6.54 Å². The zero-order chi connectivity index (χ0) is 10.3. The second-order valence-corrected chi connectivity index (χ2v) is 3.79. The first-order chi connectivity index (χ1) is 5.98. The lowest BCUT2D eigenvalue weighted by Gasteiger charge is -2.02. The van der Waals surface area contributed by atoms with Gasteiger partial charge in [0.15, 0.2) is 5.75 Å². The topological polar surface area (TPSA) is 122 Å². The largest absolute Gasteiger partial charge is 0.448 e. The van der Waals surface area contributed by atoms with Crippen LogP contribution in [0.25, 0.3) is 0 Å². The van der Waals surface area contributed by atoms with E-state index in [1.165, 1.54) is 6.07 Å². The van der Waals surface area contributed by atoms with Gasteiger partial charge in [-0.25, -0.2) is 17.9 Å². The number of carbonyl (C=O) groups is 1. The van der Waals surface area contributed by atoms with Crippen LogP contribution < -0.4 is 10.5 Å². The summed E-state index contributed by atoms with van der Waals surface area (Å²) in [6.07, 6.45) is -0.973. The summed E-state index contributed by atoms with van der Waals surface area (Å²) in [6.45, 7) is -0.243. The molecule has 0 saturated carbocycles. The Balaban J connectivity index is 3.66. The van der Waals surface area contributed by atoms with Gasteiger partial charge in [0.05, 0.1) is 6.07 Å². The van der Waals surface area contributed by atoms with E-state index in [0.29, 0.717) is 0 Å². The molecule has 0 aromatic rings. The summed E-state index contributed by atoms with van der Waals surface area (Å²) in [4.78, 5) is 10.0. The van der Waals surface area contributed by atoms with Crippen molar-refractivity contribution >= 4 is 16.1 Å². The first-order valence-electron chi connectivity index (χ1n) is 3.24. The van der Waals surface area contributed by atoms with Crippen molar-refractivity contribution in [3.05, 3.63) is 0 Å². The first kappa shape index (κ1) is 11.7. The third-order valence-electron chi connectivity index (χ3n) is 0.923. The van der Waals surface area contributed by atoms with E-state index < -0.39 is 21.9 Å². The number of primary amides is 1. The minimum absolute atomic E-state index is 0.0903. The summed E-state index contributed by atoms with van der Waals surface area (Å²) < 4.78 is 27.8. The monoisotopic (exact) mass is 207 g/mol. The molecular weight excluding hydrogens is 198 g/mol. The van der Waals surface area contributed by atoms with Crippen LogP contribution in [-0.4, -0.2) is 33.4 Å². The van der Waals surface area contributed by atoms with Crippen LogP contribution in [0.2, 0.25) is 0 Å². The Morgan fingerprint density at radius 2 is 2.23 bits per heavy atom. The summed E-state index contributed by atoms with van der Waals surface area (Å²) in [5.41, 5.74) is 4.61. The number of nitriles is 1. The Kier molecular flexibility index (Phi) is 4.79. The average molecular weight is 207 g/mol. The fourth-order valence-electron chi connectivity index (χ4n) is 0.485. The van der Waals surface area contributed by atoms with Gasteiger partial charge in [-0.1, -0.05) is 0 Å². The summed E-state index contributed by atoms with van der Waals surface area (Å²) in [6, 6.07) is 1.47. The number of amides is 1. The SMILES string of the molecule is N#CCS(=O)(=O)NCCOC(N)=O. The molecule has 0 aromatic carbocycles. The molecule has 0 heterocycles. The van der Waals surface area contributed by atoms with E-state index in [1.54, 1.807) is 0 Å². The van der Waals surface area contributed by atoms with Crippen LogP contribution >= 0.6 is 0 Å². The molecule has 0 unspecified atom stereocenters. The third kappa shape index (κ3) is 7.04. The van der Waals surface area contributed by atoms with Crippen LogP contribution in [0.4, 0.5) is 4.79 Å². The Hall–Kier alpha value is -1.33. The number of nitrogens with zero attached hydrogens (tertiary/aromatic N) is 1. The third-order valence-corrected chi connectivity index (χ3v) is 2.08. The molecule has 0 atom stereocenters. The Morgan fingerprint density at radius 3 is 2.69 bits per heavy atom. The van der Waals surface area contributed by atoms with Crippen LogP contribution in [0, 0.1) is 11.3 Å². The number of rotatable bonds is 5. The molecule has 1 amide bonds. The molecule has 7 nitrogen and oxygen atoms in total. The average Bonchev–Trinajstić information content (AvgIpc) is 1.98. The van der Waals surface area contributed by atoms with Crippen molar-refractivity contribution in [1.29, 1.82) is 5.26 Å². The Labute approximate surface area is 75.5 Å². The molecule has 0 aliphatic heterocycles. The van der Waals surface area contributed by atoms with Gasteiger partial charge in [0.2, 0.25) is 10.0 Å². The van der Waals surface area contributed by atoms with E-state index in [2.05, 4.69) is 10.5 Å². The molecule has 0 aliphatic carbocycles. The predicted octanol–water partition coefficient (Wildman–Crippen LogP) is -1.48. The standard InChI is InChI=1S/C5H9N3O4S/c6-1-4-13(10,11)8-2-3-12-5(7)9/h8H,2-4H2,(H2,7,9). The highest BCUT2D eigenvalue weighted by atomic mass is 32.2. The molecular formula is C5H9N3O4S. The van der Waals surface area contributed by atoms with Gasteiger partial charge >= 0.3 is 6.09 Å². The summed E-state index contributed by atoms with van der Waals surface area (Å²) >= 11 is 0. The second kappa shape index (κ2) is 5.34. The highest BCUT2D eigenvalue weighted by Gasteiger charge is 2.07. The lowest BCUT2D eigenvalue weighted by Crippen LogP contribution is -2.30. The Morgan fingerprint density at radius 1 is 1.62 bits per heavy atom. The number of hydrogen-bond acceptors (Lipinski definition) is 5. The number of carbonyl (C=O) groups excluding carboxylic acids is 1. The number of nitrogens with one attached hydrogen (secondary N) is 1. The highest BCUT2D eigenvalue weighted by molar-refractivity contribution is 7.89. The summed E-state index contributed by atoms with van der Waals surface area (Å²) in [5, 5.41) is 8.07. The van der Waals surface area contributed by atoms with Gasteiger partial charge < -0.3 is 10.5 Å². The second-order valence-electron chi connectivity index (χ2n) is 1.98. The van der Waals surface area contributed by atoms with Crippen molar-refractivity contribution in [3.8, 4) is 6.07 Å². The smallest absolute Gasteiger partial charge is 0.404 e. The highest BCUT2D eigenvalue weighted by Crippen LogP contribution is 1.81. The minimum Gasteiger partial charge on any atom is -0.448 e. The van der Waals surface area contributed by atoms with E-state index in [1.807, 2.05) is 4.72 Å². The van der Waals surface area contributed by atoms with E-state index in [-0.39, 0.29) is 13.2 Å². The van der Waals surface area contributed by atoms with Crippen LogP contribution in [-0.2, 0) is 14.8 Å². The molecule has 0 spiro atoms. The molecule has 3 N–H and O–H groups in total. The zero-order valence-electron chi connectivity index (χ0n) is 6.69. The van der Waals surface area contributed by atoms with E-state index >= 15 is 0 Å². The van der Waals surface area contributed by atoms with Crippen molar-refractivity contribution in [2.45, 2.75) is 0 Å². The molecule has 0 saturated heterocycles. The zero-order valence-corrected chi connectivity index (χ0v) is 7.50. The Bertz CT molecular complexity index is 304. The van der Waals surface area contributed by atoms with Crippen molar-refractivity contribution in [2.75, 3.05) is 18.9 Å². The first-order valence-corrected chi connectivity index (χ1v) is 4.89. The lowest BCUT2D eigenvalue weighted by atomic mass is 10.7. The van der Waals surface area contributed by atoms with Crippen molar-refractivity contribution in [3.63, 3.8) is 0 Å². The number of sulfonamides is 1. The lowest BCUT2D eigenvalue weighted by molar-refractivity contribution is 0.159. The minimum atomic E-state index is -3.57. The maximum Gasteiger partial charge on any atom is 0.404 e. The fourth-order valence-corrected chi connectivity index (χ4v) is 1.15. The maximum absolute atomic E-state index is 10.8. The molecule has 0 fully saturated rings. The molecule has 0 aromatic heterocycles. The number of hydrogen-bond donors (Lipinski definition) is 2. The summed E-state index contributed by atoms with van der Waals surface area (Å²) in [7, 11) is -3.57. The number of nitrogens with two attached hydrogens (primary N) is 1. The molecule has 8 heteroatoms. The van der Waals surface area contributed by atoms with E-state index in [4.69, 9.17) is 5.26 Å². The van der Waals surface area contributed by atoms with Gasteiger partial charge in [-0.3, -0.25) is 0 Å². The molecule has 0 bridgehead atoms. The van der Waals surface area contributed by atoms with Gasteiger partial charge in [0.25, 0.3) is 0 Å². The van der Waals surface area contributed by atoms with Gasteiger partial charge in [-0.2, -0.15) is 5.26 Å². The van der Waals surface area contributed by atoms with E-state index in [9.17, 15) is 13.2 Å². The maximum atomic E-state index is 10.8. The number of ether oxygens (including phenoxy) is 1. The van der Waals surface area contributed by atoms with Crippen molar-refractivity contribution in [1.82, 2.24) is 4.72 Å². The normalized spacial score (nSPS) is 10.4. The fraction of sp³-hybridized carbons (Fsp3) is 0.600. The predicted molar refractivity (Wildman–Crippen MR) is 42.9 cm³/mol. The van der Waals surface area contributed by atoms with Crippen molar-refractivity contribution in [2.24, 2.45) is 5.73 Å². The van der Waals surface area contributed by atoms with Crippen LogP contribution in [0.3, 0.4) is 0 Å². The quantitative estimate of drug-likeness (QED) is 0.532.